The van der Waals surface area contributed by atoms with Gasteiger partial charge in [-0.05, 0) is 63.6 Å². The van der Waals surface area contributed by atoms with Crippen LogP contribution < -0.4 is 5.32 Å². The largest absolute Gasteiger partial charge is 0.308 e. The van der Waals surface area contributed by atoms with Crippen molar-refractivity contribution in [2.45, 2.75) is 59.5 Å². The summed E-state index contributed by atoms with van der Waals surface area (Å²) in [6, 6.07) is 16.8. The predicted molar refractivity (Wildman–Crippen MR) is 141 cm³/mol. The van der Waals surface area contributed by atoms with Crippen molar-refractivity contribution in [2.75, 3.05) is 6.54 Å². The number of hydrogen-bond acceptors (Lipinski definition) is 9. The Morgan fingerprint density at radius 1 is 0.658 bits per heavy atom. The summed E-state index contributed by atoms with van der Waals surface area (Å²) in [5, 5.41) is 2.90. The first-order chi connectivity index (χ1) is 17.8. The zero-order valence-electron chi connectivity index (χ0n) is 21.1. The molecule has 0 aromatic heterocycles. The van der Waals surface area contributed by atoms with Crippen molar-refractivity contribution >= 4 is 30.1 Å². The van der Waals surface area contributed by atoms with Gasteiger partial charge in [-0.1, -0.05) is 53.1 Å². The third-order valence-electron chi connectivity index (χ3n) is 6.21. The summed E-state index contributed by atoms with van der Waals surface area (Å²) in [6.07, 6.45) is -1.06. The van der Waals surface area contributed by atoms with Gasteiger partial charge < -0.3 is 5.32 Å². The van der Waals surface area contributed by atoms with Crippen LogP contribution in [-0.4, -0.2) is 49.4 Å². The summed E-state index contributed by atoms with van der Waals surface area (Å²) in [6.45, 7) is 5.38. The highest BCUT2D eigenvalue weighted by Crippen LogP contribution is 2.29. The van der Waals surface area contributed by atoms with Crippen LogP contribution in [0.25, 0.3) is 0 Å². The van der Waals surface area contributed by atoms with Crippen LogP contribution in [0.5, 0.6) is 0 Å². The molecule has 3 aromatic rings. The molecule has 1 saturated heterocycles. The Kier molecular flexibility index (Phi) is 8.12. The Bertz CT molecular complexity index is 1600. The molecule has 0 spiro atoms. The minimum Gasteiger partial charge on any atom is -0.308 e. The van der Waals surface area contributed by atoms with Crippen LogP contribution in [0.1, 0.15) is 23.1 Å². The van der Waals surface area contributed by atoms with Gasteiger partial charge in [0.15, 0.2) is 5.44 Å². The van der Waals surface area contributed by atoms with Crippen LogP contribution in [-0.2, 0) is 38.4 Å². The van der Waals surface area contributed by atoms with Gasteiger partial charge in [0, 0.05) is 6.54 Å². The summed E-state index contributed by atoms with van der Waals surface area (Å²) >= 11 is 0. The molecule has 0 radical (unpaired) electrons. The quantitative estimate of drug-likeness (QED) is 0.379. The first-order valence-electron chi connectivity index (χ1n) is 11.8. The molecular formula is C26H29NO8S3. The van der Waals surface area contributed by atoms with E-state index < -0.39 is 47.7 Å². The van der Waals surface area contributed by atoms with Crippen LogP contribution in [0, 0.1) is 20.8 Å². The van der Waals surface area contributed by atoms with Crippen molar-refractivity contribution < 1.29 is 33.6 Å². The number of nitrogens with one attached hydrogen (secondary N) is 1. The van der Waals surface area contributed by atoms with Crippen LogP contribution in [0.3, 0.4) is 0 Å². The highest BCUT2D eigenvalue weighted by atomic mass is 32.2. The molecule has 0 amide bonds. The van der Waals surface area contributed by atoms with Crippen molar-refractivity contribution in [3.05, 3.63) is 89.5 Å². The van der Waals surface area contributed by atoms with Crippen LogP contribution in [0.2, 0.25) is 0 Å². The number of sulfone groups is 1. The highest BCUT2D eigenvalue weighted by Gasteiger charge is 2.44. The van der Waals surface area contributed by atoms with Gasteiger partial charge >= 0.3 is 0 Å². The molecule has 1 aliphatic heterocycles. The SMILES string of the molecule is Cc1ccc(S(=O)(=O)OC2CNC(C(OS(=O)(=O)c3ccc(C)cc3)S(=O)(=O)c3ccc(C)cc3)C2)cc1. The second kappa shape index (κ2) is 10.9. The average molecular weight is 580 g/mol. The molecule has 4 rings (SSSR count). The van der Waals surface area contributed by atoms with Gasteiger partial charge in [-0.3, -0.25) is 4.18 Å². The van der Waals surface area contributed by atoms with Crippen LogP contribution >= 0.6 is 0 Å². The predicted octanol–water partition coefficient (Wildman–Crippen LogP) is 3.25. The van der Waals surface area contributed by atoms with E-state index in [0.29, 0.717) is 0 Å². The second-order valence-corrected chi connectivity index (χ2v) is 14.5. The van der Waals surface area contributed by atoms with Crippen molar-refractivity contribution in [3.63, 3.8) is 0 Å². The molecule has 12 heteroatoms. The Labute approximate surface area is 224 Å². The molecule has 204 valence electrons. The molecule has 3 aromatic carbocycles. The fourth-order valence-corrected chi connectivity index (χ4v) is 8.23. The van der Waals surface area contributed by atoms with Gasteiger partial charge in [0.1, 0.15) is 0 Å². The molecule has 0 bridgehead atoms. The lowest BCUT2D eigenvalue weighted by Crippen LogP contribution is -2.43. The van der Waals surface area contributed by atoms with E-state index in [1.807, 2.05) is 6.92 Å². The van der Waals surface area contributed by atoms with E-state index in [4.69, 9.17) is 8.37 Å². The summed E-state index contributed by atoms with van der Waals surface area (Å²) in [5.41, 5.74) is 0.650. The van der Waals surface area contributed by atoms with E-state index >= 15 is 0 Å². The maximum Gasteiger partial charge on any atom is 0.298 e. The number of hydrogen-bond donors (Lipinski definition) is 1. The van der Waals surface area contributed by atoms with Gasteiger partial charge in [0.25, 0.3) is 20.2 Å². The van der Waals surface area contributed by atoms with E-state index in [2.05, 4.69) is 5.32 Å². The summed E-state index contributed by atoms with van der Waals surface area (Å²) in [4.78, 5) is -0.348. The molecular weight excluding hydrogens is 550 g/mol. The van der Waals surface area contributed by atoms with E-state index in [9.17, 15) is 25.3 Å². The van der Waals surface area contributed by atoms with Crippen molar-refractivity contribution in [1.82, 2.24) is 5.32 Å². The monoisotopic (exact) mass is 579 g/mol. The molecule has 3 atom stereocenters. The second-order valence-electron chi connectivity index (χ2n) is 9.33. The maximum atomic E-state index is 13.7. The summed E-state index contributed by atoms with van der Waals surface area (Å²) in [7, 11) is -13.0. The number of benzene rings is 3. The van der Waals surface area contributed by atoms with Crippen molar-refractivity contribution in [2.24, 2.45) is 0 Å². The van der Waals surface area contributed by atoms with E-state index in [1.165, 1.54) is 36.4 Å². The third kappa shape index (κ3) is 6.33. The summed E-state index contributed by atoms with van der Waals surface area (Å²) < 4.78 is 89.9. The fourth-order valence-electron chi connectivity index (χ4n) is 4.04. The minimum absolute atomic E-state index is 0.0242. The van der Waals surface area contributed by atoms with E-state index in [0.717, 1.165) is 16.7 Å². The Balaban J connectivity index is 1.63. The first kappa shape index (κ1) is 28.4. The summed E-state index contributed by atoms with van der Waals surface area (Å²) in [5.74, 6) is 0. The molecule has 1 aliphatic rings. The lowest BCUT2D eigenvalue weighted by atomic mass is 10.2. The minimum atomic E-state index is -4.49. The maximum absolute atomic E-state index is 13.7. The molecule has 1 heterocycles. The molecule has 1 N–H and O–H groups in total. The molecule has 38 heavy (non-hydrogen) atoms. The topological polar surface area (TPSA) is 133 Å². The van der Waals surface area contributed by atoms with Crippen LogP contribution in [0.4, 0.5) is 0 Å². The molecule has 0 aliphatic carbocycles. The number of rotatable bonds is 9. The van der Waals surface area contributed by atoms with Gasteiger partial charge in [-0.2, -0.15) is 16.8 Å². The first-order valence-corrected chi connectivity index (χ1v) is 16.2. The fraction of sp³-hybridized carbons (Fsp3) is 0.308. The lowest BCUT2D eigenvalue weighted by Gasteiger charge is -2.24. The zero-order valence-corrected chi connectivity index (χ0v) is 23.5. The Hall–Kier alpha value is -2.61. The van der Waals surface area contributed by atoms with E-state index in [1.54, 1.807) is 50.2 Å². The van der Waals surface area contributed by atoms with E-state index in [-0.39, 0.29) is 27.7 Å². The smallest absolute Gasteiger partial charge is 0.298 e. The van der Waals surface area contributed by atoms with Gasteiger partial charge in [0.2, 0.25) is 9.84 Å². The van der Waals surface area contributed by atoms with Crippen molar-refractivity contribution in [3.8, 4) is 0 Å². The molecule has 0 saturated carbocycles. The van der Waals surface area contributed by atoms with Crippen LogP contribution in [0.15, 0.2) is 87.5 Å². The molecule has 1 fully saturated rings. The Morgan fingerprint density at radius 3 is 1.55 bits per heavy atom. The van der Waals surface area contributed by atoms with Crippen molar-refractivity contribution in [1.29, 1.82) is 0 Å². The Morgan fingerprint density at radius 2 is 1.08 bits per heavy atom. The van der Waals surface area contributed by atoms with Gasteiger partial charge in [-0.25, -0.2) is 12.6 Å². The normalized spacial score (nSPS) is 19.3. The molecule has 3 unspecified atom stereocenters. The third-order valence-corrected chi connectivity index (χ3v) is 11.0. The average Bonchev–Trinajstić information content (AvgIpc) is 3.30. The standard InChI is InChI=1S/C26H29NO8S3/c1-18-4-10-22(11-5-18)36(28,29)26(35-38(32,33)24-14-8-20(3)9-15-24)25-16-21(17-27-25)34-37(30,31)23-12-6-19(2)7-13-23/h4-15,21,25-27H,16-17H2,1-3H3. The zero-order chi connectivity index (χ0) is 27.7. The highest BCUT2D eigenvalue weighted by molar-refractivity contribution is 7.93. The van der Waals surface area contributed by atoms with Gasteiger partial charge in [0.05, 0.1) is 26.8 Å². The lowest BCUT2D eigenvalue weighted by molar-refractivity contribution is 0.205. The molecule has 9 nitrogen and oxygen atoms in total. The number of aryl methyl sites for hydroxylation is 3. The van der Waals surface area contributed by atoms with Gasteiger partial charge in [-0.15, -0.1) is 0 Å².